The van der Waals surface area contributed by atoms with Crippen LogP contribution in [0.3, 0.4) is 0 Å². The molecule has 0 spiro atoms. The molecule has 74 valence electrons. The number of carbonyl (C=O) groups excluding carboxylic acids is 1. The maximum atomic E-state index is 12.3. The second-order valence-electron chi connectivity index (χ2n) is 4.90. The average Bonchev–Trinajstić information content (AvgIpc) is 3.14. The molecule has 1 heteroatoms. The predicted molar refractivity (Wildman–Crippen MR) is 60.0 cm³/mol. The van der Waals surface area contributed by atoms with Crippen molar-refractivity contribution in [3.05, 3.63) is 69.8 Å². The van der Waals surface area contributed by atoms with Crippen molar-refractivity contribution in [3.63, 3.8) is 0 Å². The van der Waals surface area contributed by atoms with E-state index in [1.165, 1.54) is 16.7 Å². The largest absolute Gasteiger partial charge is 0.289 e. The second-order valence-corrected chi connectivity index (χ2v) is 4.90. The molecule has 0 amide bonds. The maximum absolute atomic E-state index is 12.3. The Balaban J connectivity index is 1.68. The molecule has 2 bridgehead atoms. The highest BCUT2D eigenvalue weighted by atomic mass is 16.1. The summed E-state index contributed by atoms with van der Waals surface area (Å²) < 4.78 is 0. The van der Waals surface area contributed by atoms with Crippen molar-refractivity contribution in [3.8, 4) is 0 Å². The van der Waals surface area contributed by atoms with Gasteiger partial charge in [0.1, 0.15) is 0 Å². The third-order valence-electron chi connectivity index (χ3n) is 4.20. The average molecular weight is 204 g/mol. The van der Waals surface area contributed by atoms with E-state index in [4.69, 9.17) is 0 Å². The summed E-state index contributed by atoms with van der Waals surface area (Å²) in [7, 11) is 0. The van der Waals surface area contributed by atoms with E-state index in [9.17, 15) is 4.79 Å². The van der Waals surface area contributed by atoms with Gasteiger partial charge >= 0.3 is 0 Å². The van der Waals surface area contributed by atoms with Crippen molar-refractivity contribution >= 4 is 5.78 Å². The first kappa shape index (κ1) is 7.39. The predicted octanol–water partition coefficient (Wildman–Crippen LogP) is 2.82. The Labute approximate surface area is 92.7 Å². The van der Waals surface area contributed by atoms with Crippen LogP contribution in [0.4, 0.5) is 0 Å². The summed E-state index contributed by atoms with van der Waals surface area (Å²) in [5.41, 5.74) is 7.69. The monoisotopic (exact) mass is 204 g/mol. The summed E-state index contributed by atoms with van der Waals surface area (Å²) in [5.74, 6) is 1.64. The number of hydrogen-bond donors (Lipinski definition) is 0. The van der Waals surface area contributed by atoms with E-state index in [1.54, 1.807) is 5.56 Å². The molecule has 0 saturated heterocycles. The smallest absolute Gasteiger partial charge is 0.193 e. The zero-order valence-electron chi connectivity index (χ0n) is 8.53. The van der Waals surface area contributed by atoms with E-state index in [-0.39, 0.29) is 5.78 Å². The van der Waals surface area contributed by atoms with Crippen LogP contribution < -0.4 is 0 Å². The normalized spacial score (nSPS) is 24.5. The Hall–Kier alpha value is -1.89. The van der Waals surface area contributed by atoms with Gasteiger partial charge in [-0.1, -0.05) is 30.3 Å². The van der Waals surface area contributed by atoms with Crippen LogP contribution in [0.25, 0.3) is 0 Å². The van der Waals surface area contributed by atoms with Gasteiger partial charge in [-0.15, -0.1) is 0 Å². The molecule has 4 aliphatic rings. The van der Waals surface area contributed by atoms with Crippen molar-refractivity contribution in [2.24, 2.45) is 0 Å². The lowest BCUT2D eigenvalue weighted by atomic mass is 9.97. The van der Waals surface area contributed by atoms with Crippen molar-refractivity contribution in [2.45, 2.75) is 11.8 Å². The zero-order chi connectivity index (χ0) is 10.4. The quantitative estimate of drug-likeness (QED) is 0.687. The molecule has 2 atom stereocenters. The van der Waals surface area contributed by atoms with E-state index >= 15 is 0 Å². The Kier molecular flexibility index (Phi) is 0.918. The Morgan fingerprint density at radius 3 is 2.38 bits per heavy atom. The molecule has 0 aliphatic heterocycles. The fraction of sp³-hybridized carbons (Fsp3) is 0.133. The third kappa shape index (κ3) is 0.595. The molecule has 0 aromatic heterocycles. The molecule has 6 rings (SSSR count). The van der Waals surface area contributed by atoms with Crippen molar-refractivity contribution < 1.29 is 4.79 Å². The minimum Gasteiger partial charge on any atom is -0.289 e. The van der Waals surface area contributed by atoms with Gasteiger partial charge in [0.15, 0.2) is 5.78 Å². The SMILES string of the molecule is O=C(c1ccccc1)c1cc2c3c4c1C4C23. The number of carbonyl (C=O) groups is 1. The van der Waals surface area contributed by atoms with Crippen LogP contribution >= 0.6 is 0 Å². The minimum atomic E-state index is 0.201. The Morgan fingerprint density at radius 1 is 0.938 bits per heavy atom. The van der Waals surface area contributed by atoms with Gasteiger partial charge in [0.25, 0.3) is 0 Å². The van der Waals surface area contributed by atoms with E-state index in [0.717, 1.165) is 17.0 Å². The molecular weight excluding hydrogens is 196 g/mol. The Bertz CT molecular complexity index is 682. The van der Waals surface area contributed by atoms with Gasteiger partial charge in [0, 0.05) is 23.0 Å². The van der Waals surface area contributed by atoms with Gasteiger partial charge in [0.05, 0.1) is 0 Å². The van der Waals surface area contributed by atoms with Gasteiger partial charge in [-0.25, -0.2) is 0 Å². The van der Waals surface area contributed by atoms with Crippen LogP contribution in [-0.2, 0) is 0 Å². The highest BCUT2D eigenvalue weighted by Crippen LogP contribution is 2.79. The third-order valence-corrected chi connectivity index (χ3v) is 4.20. The lowest BCUT2D eigenvalue weighted by molar-refractivity contribution is 0.103. The molecule has 2 aromatic rings. The van der Waals surface area contributed by atoms with Crippen LogP contribution in [0, 0.1) is 0 Å². The van der Waals surface area contributed by atoms with E-state index in [1.807, 2.05) is 30.3 Å². The van der Waals surface area contributed by atoms with Crippen LogP contribution in [0.15, 0.2) is 36.4 Å². The number of benzene rings is 2. The summed E-state index contributed by atoms with van der Waals surface area (Å²) in [6.07, 6.45) is 0. The summed E-state index contributed by atoms with van der Waals surface area (Å²) in [6.45, 7) is 0. The first-order chi connectivity index (χ1) is 7.88. The van der Waals surface area contributed by atoms with Gasteiger partial charge in [-0.3, -0.25) is 4.79 Å². The first-order valence-corrected chi connectivity index (χ1v) is 5.68. The molecule has 0 heterocycles. The van der Waals surface area contributed by atoms with Crippen molar-refractivity contribution in [1.29, 1.82) is 0 Å². The molecule has 0 radical (unpaired) electrons. The number of hydrogen-bond acceptors (Lipinski definition) is 1. The second kappa shape index (κ2) is 1.99. The van der Waals surface area contributed by atoms with Gasteiger partial charge in [-0.2, -0.15) is 0 Å². The van der Waals surface area contributed by atoms with E-state index in [0.29, 0.717) is 5.92 Å². The highest BCUT2D eigenvalue weighted by molar-refractivity contribution is 6.13. The van der Waals surface area contributed by atoms with Crippen molar-refractivity contribution in [2.75, 3.05) is 0 Å². The van der Waals surface area contributed by atoms with Crippen LogP contribution in [0.2, 0.25) is 0 Å². The molecule has 1 nitrogen and oxygen atoms in total. The standard InChI is InChI=1S/C15H8O/c16-15(7-4-2-1-3-5-7)9-6-8-10-11(8)14-12(9)13(10)14/h1-6,10,13H. The maximum Gasteiger partial charge on any atom is 0.193 e. The number of fused-ring (bicyclic) bond motifs is 1. The lowest BCUT2D eigenvalue weighted by Gasteiger charge is -2.04. The first-order valence-electron chi connectivity index (χ1n) is 5.68. The van der Waals surface area contributed by atoms with Crippen LogP contribution in [-0.4, -0.2) is 5.78 Å². The van der Waals surface area contributed by atoms with Crippen LogP contribution in [0.1, 0.15) is 50.0 Å². The summed E-state index contributed by atoms with van der Waals surface area (Å²) in [4.78, 5) is 12.3. The van der Waals surface area contributed by atoms with Crippen molar-refractivity contribution in [1.82, 2.24) is 0 Å². The molecular formula is C15H8O. The molecule has 0 saturated carbocycles. The summed E-state index contributed by atoms with van der Waals surface area (Å²) in [6, 6.07) is 11.7. The van der Waals surface area contributed by atoms with Crippen LogP contribution in [0.5, 0.6) is 0 Å². The summed E-state index contributed by atoms with van der Waals surface area (Å²) >= 11 is 0. The fourth-order valence-electron chi connectivity index (χ4n) is 3.36. The number of rotatable bonds is 2. The molecule has 0 fully saturated rings. The summed E-state index contributed by atoms with van der Waals surface area (Å²) in [5, 5.41) is 0. The lowest BCUT2D eigenvalue weighted by Crippen LogP contribution is -2.02. The molecule has 4 aliphatic carbocycles. The molecule has 16 heavy (non-hydrogen) atoms. The van der Waals surface area contributed by atoms with Gasteiger partial charge < -0.3 is 0 Å². The minimum absolute atomic E-state index is 0.201. The van der Waals surface area contributed by atoms with Gasteiger partial charge in [-0.05, 0) is 28.3 Å². The van der Waals surface area contributed by atoms with Gasteiger partial charge in [0.2, 0.25) is 0 Å². The molecule has 0 N–H and O–H groups in total. The highest BCUT2D eigenvalue weighted by Gasteiger charge is 2.66. The zero-order valence-corrected chi connectivity index (χ0v) is 8.53. The van der Waals surface area contributed by atoms with E-state index < -0.39 is 0 Å². The molecule has 2 aromatic carbocycles. The Morgan fingerprint density at radius 2 is 1.75 bits per heavy atom. The van der Waals surface area contributed by atoms with E-state index in [2.05, 4.69) is 6.07 Å². The fourth-order valence-corrected chi connectivity index (χ4v) is 3.36. The molecule has 2 unspecified atom stereocenters. The topological polar surface area (TPSA) is 17.1 Å². The number of ketones is 1.